The van der Waals surface area contributed by atoms with Crippen molar-refractivity contribution in [2.45, 2.75) is 46.5 Å². The summed E-state index contributed by atoms with van der Waals surface area (Å²) >= 11 is 0. The number of methoxy groups -OCH3 is 1. The first-order valence-electron chi connectivity index (χ1n) is 15.0. The maximum atomic E-state index is 14.7. The molecular formula is C35H39O11P. The van der Waals surface area contributed by atoms with Gasteiger partial charge in [-0.2, -0.15) is 0 Å². The van der Waals surface area contributed by atoms with Crippen LogP contribution in [0.3, 0.4) is 0 Å². The number of esters is 4. The molecule has 0 saturated heterocycles. The molecule has 3 rings (SSSR count). The summed E-state index contributed by atoms with van der Waals surface area (Å²) in [5.74, 6) is -2.05. The van der Waals surface area contributed by atoms with Crippen LogP contribution in [0.1, 0.15) is 52.7 Å². The lowest BCUT2D eigenvalue weighted by atomic mass is 9.99. The van der Waals surface area contributed by atoms with E-state index in [0.717, 1.165) is 5.56 Å². The second-order valence-electron chi connectivity index (χ2n) is 10.5. The lowest BCUT2D eigenvalue weighted by Crippen LogP contribution is -2.24. The van der Waals surface area contributed by atoms with Gasteiger partial charge in [0.25, 0.3) is 0 Å². The molecule has 0 unspecified atom stereocenters. The molecule has 0 heterocycles. The minimum Gasteiger partial charge on any atom is -0.489 e. The standard InChI is InChI=1S/C35H39O11P/c1-24-23-25(2)34(26(3)33(24)35(40)47(41,27-11-7-5-8-12-27)28-13-9-6-10-14-28)46-22-21-45-32(39)18-17-31(38)44-20-19-43-30(37)16-15-29(36)42-4/h5-14,23H,15-22H2,1-4H3. The van der Waals surface area contributed by atoms with Crippen molar-refractivity contribution in [1.82, 2.24) is 0 Å². The van der Waals surface area contributed by atoms with Crippen LogP contribution in [0.25, 0.3) is 0 Å². The number of rotatable bonds is 17. The van der Waals surface area contributed by atoms with Gasteiger partial charge in [-0.15, -0.1) is 0 Å². The second-order valence-corrected chi connectivity index (χ2v) is 13.2. The van der Waals surface area contributed by atoms with E-state index in [1.165, 1.54) is 7.11 Å². The van der Waals surface area contributed by atoms with E-state index in [1.54, 1.807) is 80.6 Å². The summed E-state index contributed by atoms with van der Waals surface area (Å²) in [5.41, 5.74) is 1.77. The molecule has 250 valence electrons. The van der Waals surface area contributed by atoms with E-state index >= 15 is 0 Å². The highest BCUT2D eigenvalue weighted by Gasteiger charge is 2.38. The van der Waals surface area contributed by atoms with Gasteiger partial charge >= 0.3 is 23.9 Å². The lowest BCUT2D eigenvalue weighted by molar-refractivity contribution is -0.155. The van der Waals surface area contributed by atoms with E-state index in [-0.39, 0.29) is 52.1 Å². The largest absolute Gasteiger partial charge is 0.489 e. The average Bonchev–Trinajstić information content (AvgIpc) is 3.07. The summed E-state index contributed by atoms with van der Waals surface area (Å²) in [7, 11) is -2.53. The summed E-state index contributed by atoms with van der Waals surface area (Å²) in [6.07, 6.45) is -0.725. The van der Waals surface area contributed by atoms with Gasteiger partial charge in [0.1, 0.15) is 32.2 Å². The van der Waals surface area contributed by atoms with E-state index in [1.807, 2.05) is 6.92 Å². The third kappa shape index (κ3) is 10.1. The number of carbonyl (C=O) groups excluding carboxylic acids is 5. The van der Waals surface area contributed by atoms with Crippen LogP contribution in [0.4, 0.5) is 0 Å². The first kappa shape index (κ1) is 36.7. The fourth-order valence-corrected chi connectivity index (χ4v) is 7.48. The molecule has 0 aliphatic carbocycles. The summed E-state index contributed by atoms with van der Waals surface area (Å²) in [5, 5.41) is 0.870. The van der Waals surface area contributed by atoms with Gasteiger partial charge in [-0.05, 0) is 31.9 Å². The van der Waals surface area contributed by atoms with Crippen LogP contribution in [0.2, 0.25) is 0 Å². The molecule has 0 aliphatic heterocycles. The van der Waals surface area contributed by atoms with Gasteiger partial charge in [0.2, 0.25) is 12.7 Å². The van der Waals surface area contributed by atoms with E-state index in [9.17, 15) is 28.5 Å². The van der Waals surface area contributed by atoms with E-state index < -0.39 is 36.5 Å². The Morgan fingerprint density at radius 3 is 1.47 bits per heavy atom. The van der Waals surface area contributed by atoms with Crippen molar-refractivity contribution in [3.05, 3.63) is 89.0 Å². The summed E-state index contributed by atoms with van der Waals surface area (Å²) in [4.78, 5) is 60.8. The van der Waals surface area contributed by atoms with Crippen molar-refractivity contribution in [1.29, 1.82) is 0 Å². The van der Waals surface area contributed by atoms with Crippen molar-refractivity contribution >= 4 is 47.2 Å². The average molecular weight is 667 g/mol. The van der Waals surface area contributed by atoms with Crippen LogP contribution in [0.15, 0.2) is 66.7 Å². The Kier molecular flexibility index (Phi) is 13.9. The van der Waals surface area contributed by atoms with Gasteiger partial charge in [-0.3, -0.25) is 24.0 Å². The second kappa shape index (κ2) is 17.8. The van der Waals surface area contributed by atoms with Gasteiger partial charge in [-0.1, -0.05) is 66.7 Å². The molecule has 47 heavy (non-hydrogen) atoms. The minimum absolute atomic E-state index is 0.0229. The van der Waals surface area contributed by atoms with Gasteiger partial charge < -0.3 is 28.2 Å². The molecular weight excluding hydrogens is 627 g/mol. The van der Waals surface area contributed by atoms with Crippen molar-refractivity contribution in [2.75, 3.05) is 33.5 Å². The zero-order valence-electron chi connectivity index (χ0n) is 26.9. The zero-order valence-corrected chi connectivity index (χ0v) is 27.8. The summed E-state index contributed by atoms with van der Waals surface area (Å²) in [6, 6.07) is 19.2. The Morgan fingerprint density at radius 1 is 0.596 bits per heavy atom. The van der Waals surface area contributed by atoms with Gasteiger partial charge in [-0.25, -0.2) is 0 Å². The molecule has 0 aromatic heterocycles. The Hall–Kier alpha value is -4.76. The van der Waals surface area contributed by atoms with Crippen LogP contribution < -0.4 is 15.3 Å². The molecule has 0 fully saturated rings. The fraction of sp³-hybridized carbons (Fsp3) is 0.343. The first-order chi connectivity index (χ1) is 22.5. The SMILES string of the molecule is COC(=O)CCC(=O)OCCOC(=O)CCC(=O)OCCOc1c(C)cc(C)c(C(=O)P(=O)(c2ccccc2)c2ccccc2)c1C. The Labute approximate surface area is 273 Å². The van der Waals surface area contributed by atoms with Crippen molar-refractivity contribution in [3.63, 3.8) is 0 Å². The molecule has 3 aromatic carbocycles. The molecule has 0 amide bonds. The first-order valence-corrected chi connectivity index (χ1v) is 16.7. The summed E-state index contributed by atoms with van der Waals surface area (Å²) in [6.45, 7) is 4.85. The molecule has 3 aromatic rings. The van der Waals surface area contributed by atoms with Gasteiger partial charge in [0.05, 0.1) is 32.8 Å². The monoisotopic (exact) mass is 666 g/mol. The van der Waals surface area contributed by atoms with Gasteiger partial charge in [0, 0.05) is 21.7 Å². The Bertz CT molecular complexity index is 1570. The molecule has 12 heteroatoms. The number of benzene rings is 3. The topological polar surface area (TPSA) is 149 Å². The maximum absolute atomic E-state index is 14.7. The smallest absolute Gasteiger partial charge is 0.306 e. The predicted molar refractivity (Wildman–Crippen MR) is 174 cm³/mol. The number of aryl methyl sites for hydroxylation is 2. The Balaban J connectivity index is 1.54. The molecule has 0 bridgehead atoms. The zero-order chi connectivity index (χ0) is 34.4. The number of ether oxygens (including phenoxy) is 5. The molecule has 0 aliphatic rings. The highest BCUT2D eigenvalue weighted by Crippen LogP contribution is 2.49. The molecule has 0 saturated carbocycles. The van der Waals surface area contributed by atoms with E-state index in [0.29, 0.717) is 33.0 Å². The van der Waals surface area contributed by atoms with Gasteiger partial charge in [0.15, 0.2) is 0 Å². The third-order valence-electron chi connectivity index (χ3n) is 7.14. The quantitative estimate of drug-likeness (QED) is 0.0867. The predicted octanol–water partition coefficient (Wildman–Crippen LogP) is 4.51. The summed E-state index contributed by atoms with van der Waals surface area (Å²) < 4.78 is 40.1. The normalized spacial score (nSPS) is 10.9. The maximum Gasteiger partial charge on any atom is 0.306 e. The van der Waals surface area contributed by atoms with Crippen molar-refractivity contribution < 1.29 is 52.2 Å². The molecule has 0 radical (unpaired) electrons. The van der Waals surface area contributed by atoms with Crippen molar-refractivity contribution in [3.8, 4) is 5.75 Å². The van der Waals surface area contributed by atoms with Crippen LogP contribution in [-0.2, 0) is 42.7 Å². The van der Waals surface area contributed by atoms with Crippen LogP contribution in [0.5, 0.6) is 5.75 Å². The van der Waals surface area contributed by atoms with E-state index in [4.69, 9.17) is 18.9 Å². The number of hydrogen-bond acceptors (Lipinski definition) is 11. The number of carbonyl (C=O) groups is 5. The minimum atomic E-state index is -3.75. The third-order valence-corrected chi connectivity index (χ3v) is 9.98. The van der Waals surface area contributed by atoms with Crippen LogP contribution >= 0.6 is 7.14 Å². The fourth-order valence-electron chi connectivity index (χ4n) is 4.87. The Morgan fingerprint density at radius 2 is 1.02 bits per heavy atom. The number of hydrogen-bond donors (Lipinski definition) is 0. The molecule has 0 N–H and O–H groups in total. The highest BCUT2D eigenvalue weighted by atomic mass is 31.2. The highest BCUT2D eigenvalue weighted by molar-refractivity contribution is 7.93. The van der Waals surface area contributed by atoms with Crippen LogP contribution in [-0.4, -0.2) is 62.9 Å². The van der Waals surface area contributed by atoms with Crippen LogP contribution in [0, 0.1) is 20.8 Å². The molecule has 0 spiro atoms. The van der Waals surface area contributed by atoms with E-state index in [2.05, 4.69) is 4.74 Å². The van der Waals surface area contributed by atoms with Crippen molar-refractivity contribution in [2.24, 2.45) is 0 Å². The molecule has 0 atom stereocenters. The molecule has 11 nitrogen and oxygen atoms in total. The lowest BCUT2D eigenvalue weighted by Gasteiger charge is -2.22.